The van der Waals surface area contributed by atoms with Gasteiger partial charge in [0.25, 0.3) is 0 Å². The molecule has 0 radical (unpaired) electrons. The van der Waals surface area contributed by atoms with Crippen LogP contribution in [0, 0.1) is 0 Å². The first-order valence-corrected chi connectivity index (χ1v) is 1.37. The van der Waals surface area contributed by atoms with Gasteiger partial charge < -0.3 is 4.57 Å². The minimum Gasteiger partial charge on any atom is -0.341 e. The Balaban J connectivity index is 3.32. The summed E-state index contributed by atoms with van der Waals surface area (Å²) in [5.74, 6) is 0. The zero-order valence-corrected chi connectivity index (χ0v) is 2.89. The second kappa shape index (κ2) is 1.12. The molecule has 0 saturated carbocycles. The van der Waals surface area contributed by atoms with E-state index in [4.69, 9.17) is 8.22 Å². The maximum atomic E-state index is 7.10. The lowest BCUT2D eigenvalue weighted by molar-refractivity contribution is 0.913. The van der Waals surface area contributed by atoms with E-state index in [0.717, 1.165) is 0 Å². The van der Waals surface area contributed by atoms with Crippen LogP contribution >= 0.6 is 0 Å². The van der Waals surface area contributed by atoms with E-state index in [2.05, 4.69) is 4.98 Å². The first-order valence-electron chi connectivity index (χ1n) is 4.37. The fourth-order valence-electron chi connectivity index (χ4n) is 0.175. The van der Waals surface area contributed by atoms with Crippen molar-refractivity contribution in [3.05, 3.63) is 18.6 Å². The third-order valence-corrected chi connectivity index (χ3v) is 0.368. The largest absolute Gasteiger partial charge is 0.341 e. The number of nitrogens with zero attached hydrogens (tertiary/aromatic N) is 2. The van der Waals surface area contributed by atoms with E-state index in [1.54, 1.807) is 0 Å². The molecule has 2 nitrogen and oxygen atoms in total. The maximum Gasteiger partial charge on any atom is 0.104 e. The van der Waals surface area contributed by atoms with Crippen LogP contribution in [0.1, 0.15) is 8.22 Å². The van der Waals surface area contributed by atoms with E-state index in [0.29, 0.717) is 4.57 Å². The molecule has 6 heavy (non-hydrogen) atoms. The summed E-state index contributed by atoms with van der Waals surface area (Å²) < 4.78 is 42.2. The third-order valence-electron chi connectivity index (χ3n) is 0.368. The molecule has 0 atom stereocenters. The molecule has 0 unspecified atom stereocenters. The molecular formula is C4H6N2. The van der Waals surface area contributed by atoms with Gasteiger partial charge in [0.15, 0.2) is 0 Å². The van der Waals surface area contributed by atoms with Crippen molar-refractivity contribution < 1.29 is 8.22 Å². The predicted molar refractivity (Wildman–Crippen MR) is 23.2 cm³/mol. The van der Waals surface area contributed by atoms with Crippen molar-refractivity contribution in [3.8, 4) is 0 Å². The monoisotopic (exact) mass is 88.1 g/mol. The van der Waals surface area contributed by atoms with Crippen LogP contribution in [0.25, 0.3) is 0 Å². The molecule has 2 heteroatoms. The Bertz CT molecular complexity index is 299. The Hall–Kier alpha value is -0.790. The van der Waals surface area contributed by atoms with Gasteiger partial charge in [-0.15, -0.1) is 0 Å². The van der Waals surface area contributed by atoms with Gasteiger partial charge in [0, 0.05) is 23.4 Å². The molecule has 0 aliphatic rings. The molecule has 0 aliphatic heterocycles. The lowest BCUT2D eigenvalue weighted by Gasteiger charge is -1.76. The van der Waals surface area contributed by atoms with E-state index in [1.807, 2.05) is 0 Å². The highest BCUT2D eigenvalue weighted by atomic mass is 15.0. The molecule has 0 bridgehead atoms. The van der Waals surface area contributed by atoms with Gasteiger partial charge in [-0.2, -0.15) is 0 Å². The van der Waals surface area contributed by atoms with Crippen LogP contribution in [0.3, 0.4) is 0 Å². The minimum atomic E-state index is -2.60. The zero-order valence-electron chi connectivity index (χ0n) is 8.89. The van der Waals surface area contributed by atoms with Crippen molar-refractivity contribution in [2.75, 3.05) is 0 Å². The average molecular weight is 88.1 g/mol. The highest BCUT2D eigenvalue weighted by molar-refractivity contribution is 4.70. The van der Waals surface area contributed by atoms with Crippen LogP contribution in [0.15, 0.2) is 18.6 Å². The van der Waals surface area contributed by atoms with Gasteiger partial charge in [-0.25, -0.2) is 4.98 Å². The van der Waals surface area contributed by atoms with Crippen molar-refractivity contribution in [1.29, 1.82) is 0 Å². The van der Waals surface area contributed by atoms with Gasteiger partial charge in [-0.05, 0) is 0 Å². The van der Waals surface area contributed by atoms with Crippen LogP contribution in [-0.4, -0.2) is 9.55 Å². The fraction of sp³-hybridized carbons (Fsp3) is 0.250. The Labute approximate surface area is 44.9 Å². The van der Waals surface area contributed by atoms with Crippen LogP contribution < -0.4 is 0 Å². The van der Waals surface area contributed by atoms with Crippen LogP contribution in [0.2, 0.25) is 0 Å². The first-order chi connectivity index (χ1) is 5.34. The Morgan fingerprint density at radius 3 is 3.50 bits per heavy atom. The smallest absolute Gasteiger partial charge is 0.104 e. The quantitative estimate of drug-likeness (QED) is 0.449. The Morgan fingerprint density at radius 1 is 2.17 bits per heavy atom. The Morgan fingerprint density at radius 2 is 3.17 bits per heavy atom. The molecule has 32 valence electrons. The van der Waals surface area contributed by atoms with Crippen molar-refractivity contribution in [2.24, 2.45) is 6.98 Å². The number of hydrogen-bond acceptors (Lipinski definition) is 1. The van der Waals surface area contributed by atoms with Crippen molar-refractivity contribution in [1.82, 2.24) is 9.55 Å². The molecule has 0 saturated heterocycles. The standard InChI is InChI=1S/C4H6N2/c1-6-3-2-5-4-6/h2-4H,1H3/i1D3,2D,3D,4D. The lowest BCUT2D eigenvalue weighted by Crippen LogP contribution is -1.76. The summed E-state index contributed by atoms with van der Waals surface area (Å²) in [6.45, 7) is -2.60. The average Bonchev–Trinajstić information content (AvgIpc) is 2.05. The van der Waals surface area contributed by atoms with Gasteiger partial charge in [0.05, 0.1) is 9.04 Å². The summed E-state index contributed by atoms with van der Waals surface area (Å²) in [4.78, 5) is 3.23. The fourth-order valence-corrected chi connectivity index (χ4v) is 0.175. The van der Waals surface area contributed by atoms with E-state index < -0.39 is 25.6 Å². The summed E-state index contributed by atoms with van der Waals surface area (Å²) in [5, 5.41) is 0. The van der Waals surface area contributed by atoms with Crippen molar-refractivity contribution in [3.63, 3.8) is 0 Å². The van der Waals surface area contributed by atoms with Crippen molar-refractivity contribution in [2.45, 2.75) is 0 Å². The van der Waals surface area contributed by atoms with Gasteiger partial charge >= 0.3 is 0 Å². The molecule has 1 rings (SSSR count). The number of rotatable bonds is 0. The predicted octanol–water partition coefficient (Wildman–Crippen LogP) is 0.420. The van der Waals surface area contributed by atoms with Gasteiger partial charge in [-0.1, -0.05) is 0 Å². The summed E-state index contributed by atoms with van der Waals surface area (Å²) in [7, 11) is 0. The summed E-state index contributed by atoms with van der Waals surface area (Å²) in [6, 6.07) is 0. The van der Waals surface area contributed by atoms with Gasteiger partial charge in [-0.3, -0.25) is 0 Å². The molecular weight excluding hydrogens is 76.1 g/mol. The normalized spacial score (nSPS) is 25.3. The molecule has 0 N–H and O–H groups in total. The molecule has 0 aromatic carbocycles. The highest BCUT2D eigenvalue weighted by Crippen LogP contribution is 1.73. The zero-order chi connectivity index (χ0) is 9.52. The van der Waals surface area contributed by atoms with Gasteiger partial charge in [0.2, 0.25) is 0 Å². The van der Waals surface area contributed by atoms with Crippen molar-refractivity contribution >= 4 is 0 Å². The van der Waals surface area contributed by atoms with E-state index in [1.165, 1.54) is 0 Å². The molecule has 0 spiro atoms. The van der Waals surface area contributed by atoms with E-state index in [9.17, 15) is 0 Å². The summed E-state index contributed by atoms with van der Waals surface area (Å²) in [5.41, 5.74) is 0. The molecule has 0 fully saturated rings. The minimum absolute atomic E-state index is 0.426. The molecule has 0 aliphatic carbocycles. The SMILES string of the molecule is [2H]c1nc([2H])n(C([2H])([2H])[2H])c1[2H]. The number of aromatic nitrogens is 2. The Kier molecular flexibility index (Phi) is 0.138. The van der Waals surface area contributed by atoms with Crippen LogP contribution in [0.4, 0.5) is 0 Å². The van der Waals surface area contributed by atoms with E-state index >= 15 is 0 Å². The number of hydrogen-bond donors (Lipinski definition) is 0. The summed E-state index contributed by atoms with van der Waals surface area (Å²) in [6.07, 6.45) is -1.62. The topological polar surface area (TPSA) is 17.8 Å². The third kappa shape index (κ3) is 0.407. The highest BCUT2D eigenvalue weighted by Gasteiger charge is 1.69. The van der Waals surface area contributed by atoms with E-state index in [-0.39, 0.29) is 0 Å². The molecule has 1 aromatic rings. The number of imidazole rings is 1. The molecule has 0 amide bonds. The van der Waals surface area contributed by atoms with Crippen LogP contribution in [0.5, 0.6) is 0 Å². The van der Waals surface area contributed by atoms with Crippen LogP contribution in [-0.2, 0) is 6.98 Å². The first kappa shape index (κ1) is 0.735. The second-order valence-corrected chi connectivity index (χ2v) is 0.771. The lowest BCUT2D eigenvalue weighted by atomic mass is 10.9. The maximum absolute atomic E-state index is 7.10. The summed E-state index contributed by atoms with van der Waals surface area (Å²) >= 11 is 0. The molecule has 1 aromatic heterocycles. The van der Waals surface area contributed by atoms with Gasteiger partial charge in [0.1, 0.15) is 1.37 Å². The second-order valence-electron chi connectivity index (χ2n) is 0.771. The molecule has 1 heterocycles.